The summed E-state index contributed by atoms with van der Waals surface area (Å²) in [5, 5.41) is 2.70. The minimum atomic E-state index is -4.61. The zero-order chi connectivity index (χ0) is 30.4. The van der Waals surface area contributed by atoms with E-state index in [0.29, 0.717) is 23.4 Å². The molecule has 1 saturated heterocycles. The second kappa shape index (κ2) is 13.0. The predicted octanol–water partition coefficient (Wildman–Crippen LogP) is 5.46. The lowest BCUT2D eigenvalue weighted by Crippen LogP contribution is -2.39. The second-order valence-electron chi connectivity index (χ2n) is 9.36. The van der Waals surface area contributed by atoms with E-state index in [2.05, 4.69) is 5.32 Å². The number of nitrogens with one attached hydrogen (secondary N) is 1. The van der Waals surface area contributed by atoms with Crippen molar-refractivity contribution >= 4 is 46.5 Å². The van der Waals surface area contributed by atoms with E-state index in [-0.39, 0.29) is 30.4 Å². The molecule has 0 radical (unpaired) electrons. The molecule has 0 aliphatic carbocycles. The van der Waals surface area contributed by atoms with E-state index in [1.54, 1.807) is 31.1 Å². The average Bonchev–Trinajstić information content (AvgIpc) is 3.20. The number of ether oxygens (including phenoxy) is 2. The Balaban J connectivity index is 1.55. The summed E-state index contributed by atoms with van der Waals surface area (Å²) in [5.41, 5.74) is 0.654. The summed E-state index contributed by atoms with van der Waals surface area (Å²) in [6.45, 7) is 2.15. The molecule has 0 aromatic heterocycles. The molecular weight excluding hydrogens is 571 g/mol. The highest BCUT2D eigenvalue weighted by atomic mass is 32.1. The number of esters is 1. The van der Waals surface area contributed by atoms with Crippen LogP contribution in [-0.2, 0) is 26.9 Å². The number of amides is 2. The summed E-state index contributed by atoms with van der Waals surface area (Å²) >= 11 is 5.59. The lowest BCUT2D eigenvalue weighted by molar-refractivity contribution is -0.137. The number of benzene rings is 3. The normalized spacial score (nSPS) is 15.1. The van der Waals surface area contributed by atoms with Crippen molar-refractivity contribution in [2.45, 2.75) is 32.0 Å². The van der Waals surface area contributed by atoms with Crippen LogP contribution in [0.1, 0.15) is 34.8 Å². The van der Waals surface area contributed by atoms with Gasteiger partial charge in [0.2, 0.25) is 5.91 Å². The molecule has 4 rings (SSSR count). The maximum Gasteiger partial charge on any atom is 0.416 e. The number of carbonyl (C=O) groups excluding carboxylic acids is 3. The molecular formula is C30H28F3N3O5S. The third-order valence-electron chi connectivity index (χ3n) is 6.61. The van der Waals surface area contributed by atoms with Crippen LogP contribution in [0.5, 0.6) is 5.75 Å². The number of hydrogen-bond acceptors (Lipinski definition) is 6. The zero-order valence-electron chi connectivity index (χ0n) is 22.8. The summed E-state index contributed by atoms with van der Waals surface area (Å²) < 4.78 is 50.4. The van der Waals surface area contributed by atoms with Crippen LogP contribution in [-0.4, -0.2) is 54.1 Å². The van der Waals surface area contributed by atoms with Gasteiger partial charge in [0.15, 0.2) is 5.11 Å². The highest BCUT2D eigenvalue weighted by molar-refractivity contribution is 7.80. The van der Waals surface area contributed by atoms with E-state index >= 15 is 0 Å². The van der Waals surface area contributed by atoms with Gasteiger partial charge in [-0.3, -0.25) is 14.5 Å². The van der Waals surface area contributed by atoms with Crippen LogP contribution in [0.15, 0.2) is 72.8 Å². The van der Waals surface area contributed by atoms with Gasteiger partial charge < -0.3 is 19.7 Å². The van der Waals surface area contributed by atoms with Gasteiger partial charge in [0, 0.05) is 12.2 Å². The maximum absolute atomic E-state index is 13.6. The fourth-order valence-corrected chi connectivity index (χ4v) is 4.89. The summed E-state index contributed by atoms with van der Waals surface area (Å²) in [5.74, 6) is -0.948. The van der Waals surface area contributed by atoms with E-state index in [9.17, 15) is 27.6 Å². The SMILES string of the molecule is CCOC(=O)c1ccc(NC(=O)C[C@H]2C(=O)N(c3cccc(C(F)(F)F)c3)C(=S)N2CCc2ccc(OC)cc2)cc1. The van der Waals surface area contributed by atoms with E-state index in [0.717, 1.165) is 22.6 Å². The van der Waals surface area contributed by atoms with Crippen molar-refractivity contribution < 1.29 is 37.0 Å². The van der Waals surface area contributed by atoms with Gasteiger partial charge in [-0.2, -0.15) is 13.2 Å². The quantitative estimate of drug-likeness (QED) is 0.245. The monoisotopic (exact) mass is 599 g/mol. The largest absolute Gasteiger partial charge is 0.497 e. The van der Waals surface area contributed by atoms with Crippen LogP contribution in [0.2, 0.25) is 0 Å². The van der Waals surface area contributed by atoms with Gasteiger partial charge in [0.25, 0.3) is 5.91 Å². The number of nitrogens with zero attached hydrogens (tertiary/aromatic N) is 2. The van der Waals surface area contributed by atoms with Gasteiger partial charge in [-0.15, -0.1) is 0 Å². The summed E-state index contributed by atoms with van der Waals surface area (Å²) in [6, 6.07) is 16.6. The lowest BCUT2D eigenvalue weighted by atomic mass is 10.1. The molecule has 220 valence electrons. The Morgan fingerprint density at radius 2 is 1.71 bits per heavy atom. The molecule has 12 heteroatoms. The molecule has 0 spiro atoms. The third-order valence-corrected chi connectivity index (χ3v) is 7.03. The number of alkyl halides is 3. The summed E-state index contributed by atoms with van der Waals surface area (Å²) in [6.07, 6.45) is -4.48. The number of thiocarbonyl (C=S) groups is 1. The number of carbonyl (C=O) groups is 3. The van der Waals surface area contributed by atoms with Crippen LogP contribution in [0.3, 0.4) is 0 Å². The topological polar surface area (TPSA) is 88.2 Å². The van der Waals surface area contributed by atoms with Crippen molar-refractivity contribution in [2.75, 3.05) is 30.5 Å². The van der Waals surface area contributed by atoms with Crippen LogP contribution >= 0.6 is 12.2 Å². The third kappa shape index (κ3) is 7.06. The van der Waals surface area contributed by atoms with Gasteiger partial charge in [-0.05, 0) is 85.7 Å². The second-order valence-corrected chi connectivity index (χ2v) is 9.73. The Hall–Kier alpha value is -4.45. The first-order valence-electron chi connectivity index (χ1n) is 13.0. The first kappa shape index (κ1) is 30.5. The zero-order valence-corrected chi connectivity index (χ0v) is 23.6. The molecule has 1 heterocycles. The standard InChI is InChI=1S/C30H28F3N3O5S/c1-3-41-28(39)20-9-11-22(12-10-20)34-26(37)18-25-27(38)36(23-6-4-5-21(17-23)30(31,32)33)29(42)35(25)16-15-19-7-13-24(40-2)14-8-19/h4-14,17,25H,3,15-16,18H2,1-2H3,(H,34,37)/t25-/m0/s1. The van der Waals surface area contributed by atoms with Gasteiger partial charge in [-0.1, -0.05) is 18.2 Å². The Morgan fingerprint density at radius 1 is 1.02 bits per heavy atom. The molecule has 1 aliphatic heterocycles. The minimum Gasteiger partial charge on any atom is -0.497 e. The molecule has 3 aromatic carbocycles. The maximum atomic E-state index is 13.6. The molecule has 0 bridgehead atoms. The van der Waals surface area contributed by atoms with Crippen LogP contribution in [0, 0.1) is 0 Å². The number of rotatable bonds is 10. The van der Waals surface area contributed by atoms with Crippen molar-refractivity contribution in [3.63, 3.8) is 0 Å². The van der Waals surface area contributed by atoms with Gasteiger partial charge >= 0.3 is 12.1 Å². The number of methoxy groups -OCH3 is 1. The molecule has 1 aliphatic rings. The highest BCUT2D eigenvalue weighted by Crippen LogP contribution is 2.34. The molecule has 3 aromatic rings. The fourth-order valence-electron chi connectivity index (χ4n) is 4.48. The number of halogens is 3. The molecule has 1 fully saturated rings. The average molecular weight is 600 g/mol. The smallest absolute Gasteiger partial charge is 0.416 e. The van der Waals surface area contributed by atoms with Crippen molar-refractivity contribution in [3.05, 3.63) is 89.5 Å². The first-order valence-corrected chi connectivity index (χ1v) is 13.4. The van der Waals surface area contributed by atoms with Gasteiger partial charge in [0.05, 0.1) is 37.0 Å². The summed E-state index contributed by atoms with van der Waals surface area (Å²) in [4.78, 5) is 41.2. The Kier molecular flexibility index (Phi) is 9.46. The van der Waals surface area contributed by atoms with Crippen molar-refractivity contribution in [1.29, 1.82) is 0 Å². The first-order chi connectivity index (χ1) is 20.0. The molecule has 0 saturated carbocycles. The van der Waals surface area contributed by atoms with E-state index in [4.69, 9.17) is 21.7 Å². The van der Waals surface area contributed by atoms with E-state index < -0.39 is 35.6 Å². The molecule has 2 amide bonds. The highest BCUT2D eigenvalue weighted by Gasteiger charge is 2.44. The van der Waals surface area contributed by atoms with Crippen molar-refractivity contribution in [2.24, 2.45) is 0 Å². The molecule has 1 atom stereocenters. The number of anilines is 2. The molecule has 42 heavy (non-hydrogen) atoms. The van der Waals surface area contributed by atoms with Crippen LogP contribution < -0.4 is 15.0 Å². The summed E-state index contributed by atoms with van der Waals surface area (Å²) in [7, 11) is 1.55. The van der Waals surface area contributed by atoms with Crippen LogP contribution in [0.4, 0.5) is 24.5 Å². The van der Waals surface area contributed by atoms with Gasteiger partial charge in [0.1, 0.15) is 11.8 Å². The fraction of sp³-hybridized carbons (Fsp3) is 0.267. The molecule has 8 nitrogen and oxygen atoms in total. The van der Waals surface area contributed by atoms with Crippen LogP contribution in [0.25, 0.3) is 0 Å². The molecule has 1 N–H and O–H groups in total. The predicted molar refractivity (Wildman–Crippen MR) is 154 cm³/mol. The Labute approximate surface area is 246 Å². The Morgan fingerprint density at radius 3 is 2.33 bits per heavy atom. The Bertz CT molecular complexity index is 1460. The molecule has 0 unspecified atom stereocenters. The van der Waals surface area contributed by atoms with Crippen molar-refractivity contribution in [3.8, 4) is 5.75 Å². The number of hydrogen-bond donors (Lipinski definition) is 1. The van der Waals surface area contributed by atoms with E-state index in [1.165, 1.54) is 36.4 Å². The lowest BCUT2D eigenvalue weighted by Gasteiger charge is -2.24. The van der Waals surface area contributed by atoms with Gasteiger partial charge in [-0.25, -0.2) is 4.79 Å². The van der Waals surface area contributed by atoms with Crippen molar-refractivity contribution in [1.82, 2.24) is 4.90 Å². The van der Waals surface area contributed by atoms with E-state index in [1.807, 2.05) is 12.1 Å². The minimum absolute atomic E-state index is 0.00410.